The smallest absolute Gasteiger partial charge is 0.156 e. The quantitative estimate of drug-likeness (QED) is 0.254. The second-order valence-corrected chi connectivity index (χ2v) is 13.9. The molecule has 0 spiro atoms. The molecule has 1 saturated carbocycles. The minimum atomic E-state index is 0.306. The molecular weight excluding hydrogens is 574 g/mol. The molecule has 246 valence electrons. The number of aromatic nitrogens is 2. The fraction of sp³-hybridized carbons (Fsp3) is 0.579. The number of hydrogen-bond acceptors (Lipinski definition) is 8. The Morgan fingerprint density at radius 1 is 0.913 bits per heavy atom. The van der Waals surface area contributed by atoms with Gasteiger partial charge in [0.2, 0.25) is 0 Å². The van der Waals surface area contributed by atoms with E-state index in [1.165, 1.54) is 57.3 Å². The van der Waals surface area contributed by atoms with Crippen LogP contribution in [0, 0.1) is 11.3 Å². The third-order valence-electron chi connectivity index (χ3n) is 10.8. The molecule has 2 unspecified atom stereocenters. The van der Waals surface area contributed by atoms with Gasteiger partial charge in [0.15, 0.2) is 5.82 Å². The molecule has 2 aliphatic heterocycles. The summed E-state index contributed by atoms with van der Waals surface area (Å²) in [4.78, 5) is 5.29. The van der Waals surface area contributed by atoms with Crippen LogP contribution in [0.2, 0.25) is 0 Å². The number of fused-ring (bicyclic) bond motifs is 2. The normalized spacial score (nSPS) is 25.6. The highest BCUT2D eigenvalue weighted by Crippen LogP contribution is 2.57. The second-order valence-electron chi connectivity index (χ2n) is 13.9. The predicted molar refractivity (Wildman–Crippen MR) is 185 cm³/mol. The summed E-state index contributed by atoms with van der Waals surface area (Å²) in [5.74, 6) is 4.39. The number of nitrogens with one attached hydrogen (secondary N) is 1. The van der Waals surface area contributed by atoms with Gasteiger partial charge >= 0.3 is 0 Å². The molecule has 2 aromatic rings. The van der Waals surface area contributed by atoms with E-state index in [1.54, 1.807) is 14.2 Å². The summed E-state index contributed by atoms with van der Waals surface area (Å²) in [6, 6.07) is 6.60. The highest BCUT2D eigenvalue weighted by molar-refractivity contribution is 5.99. The number of piperidine rings is 1. The number of ether oxygens (including phenoxy) is 3. The molecule has 1 aromatic heterocycles. The summed E-state index contributed by atoms with van der Waals surface area (Å²) in [5, 5.41) is 15.4. The number of allylic oxidation sites excluding steroid dienone is 6. The number of methoxy groups -OCH3 is 2. The summed E-state index contributed by atoms with van der Waals surface area (Å²) in [5.41, 5.74) is 2.44. The molecule has 0 bridgehead atoms. The van der Waals surface area contributed by atoms with Gasteiger partial charge in [-0.2, -0.15) is 0 Å². The molecule has 3 fully saturated rings. The lowest BCUT2D eigenvalue weighted by Gasteiger charge is -2.35. The summed E-state index contributed by atoms with van der Waals surface area (Å²) in [7, 11) is 3.45. The van der Waals surface area contributed by atoms with Crippen molar-refractivity contribution in [2.75, 3.05) is 65.4 Å². The number of benzene rings is 1. The lowest BCUT2D eigenvalue weighted by Crippen LogP contribution is -2.42. The molecular formula is C38H51N5O3. The van der Waals surface area contributed by atoms with Crippen LogP contribution in [0.5, 0.6) is 5.75 Å². The maximum atomic E-state index is 6.20. The largest absolute Gasteiger partial charge is 0.501 e. The van der Waals surface area contributed by atoms with Crippen molar-refractivity contribution in [1.82, 2.24) is 20.0 Å². The molecule has 8 nitrogen and oxygen atoms in total. The van der Waals surface area contributed by atoms with Gasteiger partial charge in [0.1, 0.15) is 11.5 Å². The maximum absolute atomic E-state index is 6.20. The SMILES string of the molecule is COC1=CC=C(c2nnc(NC3CCN(CC45C=CC(OCCCN6CCCCCC6)=CC4C5)CC3)c3cc(OC)ccc23)CC1. The van der Waals surface area contributed by atoms with Crippen molar-refractivity contribution < 1.29 is 14.2 Å². The molecule has 0 amide bonds. The van der Waals surface area contributed by atoms with E-state index in [0.717, 1.165) is 97.9 Å². The van der Waals surface area contributed by atoms with Crippen molar-refractivity contribution in [3.63, 3.8) is 0 Å². The molecule has 8 heteroatoms. The van der Waals surface area contributed by atoms with Crippen molar-refractivity contribution in [3.05, 3.63) is 65.8 Å². The van der Waals surface area contributed by atoms with E-state index in [4.69, 9.17) is 24.4 Å². The molecule has 5 aliphatic rings. The van der Waals surface area contributed by atoms with Gasteiger partial charge in [-0.25, -0.2) is 0 Å². The van der Waals surface area contributed by atoms with Crippen LogP contribution in [0.3, 0.4) is 0 Å². The fourth-order valence-electron chi connectivity index (χ4n) is 7.87. The summed E-state index contributed by atoms with van der Waals surface area (Å²) in [6.07, 6.45) is 23.1. The lowest BCUT2D eigenvalue weighted by molar-refractivity contribution is 0.181. The third kappa shape index (κ3) is 7.13. The zero-order chi connectivity index (χ0) is 31.3. The average molecular weight is 626 g/mol. The zero-order valence-electron chi connectivity index (χ0n) is 27.8. The first-order chi connectivity index (χ1) is 22.6. The summed E-state index contributed by atoms with van der Waals surface area (Å²) >= 11 is 0. The standard InChI is InChI=1S/C38H51N5O3/c1-44-31-10-8-28(9-11-31)36-34-13-12-32(45-2)25-35(34)37(41-40-36)39-30-15-21-43(22-16-30)27-38-17-14-33(24-29(38)26-38)46-23-7-20-42-18-5-3-4-6-19-42/h8,10,12-14,17,24-25,29-30H,3-7,9,11,15-16,18-23,26-27H2,1-2H3,(H,39,41). The number of nitrogens with zero attached hydrogens (tertiary/aromatic N) is 4. The lowest BCUT2D eigenvalue weighted by atomic mass is 9.95. The van der Waals surface area contributed by atoms with E-state index in [1.807, 2.05) is 12.1 Å². The number of likely N-dealkylation sites (tertiary alicyclic amines) is 2. The molecule has 0 radical (unpaired) electrons. The Balaban J connectivity index is 0.908. The Labute approximate surface area is 274 Å². The van der Waals surface area contributed by atoms with Gasteiger partial charge in [0, 0.05) is 54.8 Å². The van der Waals surface area contributed by atoms with Crippen LogP contribution in [0.4, 0.5) is 5.82 Å². The van der Waals surface area contributed by atoms with E-state index in [9.17, 15) is 0 Å². The zero-order valence-corrected chi connectivity index (χ0v) is 27.8. The fourth-order valence-corrected chi connectivity index (χ4v) is 7.87. The Bertz CT molecular complexity index is 1500. The molecule has 2 atom stereocenters. The second kappa shape index (κ2) is 14.2. The van der Waals surface area contributed by atoms with Crippen LogP contribution >= 0.6 is 0 Å². The van der Waals surface area contributed by atoms with Crippen LogP contribution in [0.25, 0.3) is 16.3 Å². The Morgan fingerprint density at radius 3 is 2.50 bits per heavy atom. The monoisotopic (exact) mass is 625 g/mol. The van der Waals surface area contributed by atoms with Crippen LogP contribution in [-0.4, -0.2) is 86.1 Å². The van der Waals surface area contributed by atoms with Crippen LogP contribution < -0.4 is 10.1 Å². The Kier molecular flexibility index (Phi) is 9.63. The Morgan fingerprint density at radius 2 is 1.76 bits per heavy atom. The summed E-state index contributed by atoms with van der Waals surface area (Å²) in [6.45, 7) is 7.86. The average Bonchev–Trinajstić information content (AvgIpc) is 3.87. The van der Waals surface area contributed by atoms with Crippen LogP contribution in [-0.2, 0) is 9.47 Å². The van der Waals surface area contributed by atoms with E-state index in [2.05, 4.69) is 51.6 Å². The maximum Gasteiger partial charge on any atom is 0.156 e. The van der Waals surface area contributed by atoms with Gasteiger partial charge < -0.3 is 29.3 Å². The first-order valence-corrected chi connectivity index (χ1v) is 17.7. The van der Waals surface area contributed by atoms with Crippen molar-refractivity contribution in [2.45, 2.75) is 70.3 Å². The first-order valence-electron chi connectivity index (χ1n) is 17.7. The molecule has 1 aromatic carbocycles. The Hall–Kier alpha value is -3.36. The minimum absolute atomic E-state index is 0.306. The van der Waals surface area contributed by atoms with E-state index in [0.29, 0.717) is 17.4 Å². The molecule has 46 heavy (non-hydrogen) atoms. The molecule has 3 heterocycles. The van der Waals surface area contributed by atoms with Gasteiger partial charge in [0.05, 0.1) is 32.3 Å². The molecule has 7 rings (SSSR count). The van der Waals surface area contributed by atoms with Crippen molar-refractivity contribution in [3.8, 4) is 5.75 Å². The highest BCUT2D eigenvalue weighted by atomic mass is 16.5. The molecule has 2 saturated heterocycles. The van der Waals surface area contributed by atoms with Crippen molar-refractivity contribution in [2.24, 2.45) is 11.3 Å². The van der Waals surface area contributed by atoms with Crippen LogP contribution in [0.1, 0.15) is 69.9 Å². The molecule has 1 N–H and O–H groups in total. The van der Waals surface area contributed by atoms with E-state index in [-0.39, 0.29) is 0 Å². The van der Waals surface area contributed by atoms with Crippen LogP contribution in [0.15, 0.2) is 60.1 Å². The van der Waals surface area contributed by atoms with Crippen molar-refractivity contribution in [1.29, 1.82) is 0 Å². The van der Waals surface area contributed by atoms with Gasteiger partial charge in [-0.1, -0.05) is 25.0 Å². The highest BCUT2D eigenvalue weighted by Gasteiger charge is 2.53. The van der Waals surface area contributed by atoms with E-state index < -0.39 is 0 Å². The third-order valence-corrected chi connectivity index (χ3v) is 10.8. The van der Waals surface area contributed by atoms with Gasteiger partial charge in [-0.15, -0.1) is 10.2 Å². The topological polar surface area (TPSA) is 72.0 Å². The van der Waals surface area contributed by atoms with Crippen molar-refractivity contribution >= 4 is 22.2 Å². The van der Waals surface area contributed by atoms with Gasteiger partial charge in [-0.05, 0) is 106 Å². The number of rotatable bonds is 12. The minimum Gasteiger partial charge on any atom is -0.501 e. The summed E-state index contributed by atoms with van der Waals surface area (Å²) < 4.78 is 17.2. The predicted octanol–water partition coefficient (Wildman–Crippen LogP) is 6.96. The molecule has 3 aliphatic carbocycles. The number of hydrogen-bond donors (Lipinski definition) is 1. The first kappa shape index (κ1) is 31.3. The van der Waals surface area contributed by atoms with Gasteiger partial charge in [0.25, 0.3) is 0 Å². The van der Waals surface area contributed by atoms with E-state index >= 15 is 0 Å². The van der Waals surface area contributed by atoms with Gasteiger partial charge in [-0.3, -0.25) is 0 Å². The number of anilines is 1.